The van der Waals surface area contributed by atoms with E-state index in [0.717, 1.165) is 30.8 Å². The zero-order chi connectivity index (χ0) is 12.7. The molecule has 6 heteroatoms. The number of amides is 1. The summed E-state index contributed by atoms with van der Waals surface area (Å²) in [5.41, 5.74) is 7.29. The van der Waals surface area contributed by atoms with Crippen LogP contribution in [-0.4, -0.2) is 38.0 Å². The van der Waals surface area contributed by atoms with Crippen LogP contribution in [-0.2, 0) is 11.2 Å². The van der Waals surface area contributed by atoms with Crippen LogP contribution in [0.25, 0.3) is 0 Å². The average Bonchev–Trinajstić information content (AvgIpc) is 2.27. The van der Waals surface area contributed by atoms with Gasteiger partial charge in [0, 0.05) is 12.2 Å². The smallest absolute Gasteiger partial charge is 0.224 e. The van der Waals surface area contributed by atoms with Crippen LogP contribution in [0.3, 0.4) is 0 Å². The summed E-state index contributed by atoms with van der Waals surface area (Å²) in [6, 6.07) is 7.40. The van der Waals surface area contributed by atoms with Crippen molar-refractivity contribution in [1.29, 1.82) is 0 Å². The number of rotatable bonds is 6. The highest BCUT2D eigenvalue weighted by molar-refractivity contribution is 5.85. The molecule has 1 aromatic rings. The lowest BCUT2D eigenvalue weighted by atomic mass is 10.1. The average molecular weight is 308 g/mol. The summed E-state index contributed by atoms with van der Waals surface area (Å²) in [6.07, 6.45) is 1.39. The molecule has 1 amide bonds. The van der Waals surface area contributed by atoms with Crippen LogP contribution in [0.2, 0.25) is 0 Å². The number of nitrogens with two attached hydrogens (primary N) is 1. The highest BCUT2D eigenvalue weighted by atomic mass is 35.5. The van der Waals surface area contributed by atoms with E-state index in [1.54, 1.807) is 0 Å². The van der Waals surface area contributed by atoms with Gasteiger partial charge < -0.3 is 16.0 Å². The topological polar surface area (TPSA) is 58.4 Å². The second-order valence-corrected chi connectivity index (χ2v) is 4.43. The summed E-state index contributed by atoms with van der Waals surface area (Å²) in [5, 5.41) is 2.90. The molecule has 0 unspecified atom stereocenters. The van der Waals surface area contributed by atoms with E-state index in [0.29, 0.717) is 6.42 Å². The molecule has 19 heavy (non-hydrogen) atoms. The Morgan fingerprint density at radius 1 is 1.21 bits per heavy atom. The predicted molar refractivity (Wildman–Crippen MR) is 85.2 cm³/mol. The molecule has 0 radical (unpaired) electrons. The number of benzene rings is 1. The summed E-state index contributed by atoms with van der Waals surface area (Å²) in [4.78, 5) is 13.7. The van der Waals surface area contributed by atoms with Crippen LogP contribution >= 0.6 is 24.8 Å². The molecule has 0 saturated carbocycles. The third-order valence-electron chi connectivity index (χ3n) is 2.45. The number of carbonyl (C=O) groups is 1. The number of carbonyl (C=O) groups excluding carboxylic acids is 1. The van der Waals surface area contributed by atoms with Crippen molar-refractivity contribution in [2.45, 2.75) is 12.8 Å². The van der Waals surface area contributed by atoms with Gasteiger partial charge in [-0.05, 0) is 44.8 Å². The van der Waals surface area contributed by atoms with E-state index >= 15 is 0 Å². The maximum Gasteiger partial charge on any atom is 0.224 e. The minimum atomic E-state index is 0. The van der Waals surface area contributed by atoms with Gasteiger partial charge >= 0.3 is 0 Å². The van der Waals surface area contributed by atoms with Gasteiger partial charge in [-0.3, -0.25) is 4.79 Å². The molecule has 0 fully saturated rings. The first-order chi connectivity index (χ1) is 8.08. The van der Waals surface area contributed by atoms with Crippen molar-refractivity contribution >= 4 is 36.4 Å². The Kier molecular flexibility index (Phi) is 11.7. The van der Waals surface area contributed by atoms with E-state index in [2.05, 4.69) is 10.2 Å². The molecule has 0 aliphatic heterocycles. The molecular weight excluding hydrogens is 285 g/mol. The van der Waals surface area contributed by atoms with Crippen LogP contribution in [0.5, 0.6) is 0 Å². The molecular formula is C13H23Cl2N3O. The summed E-state index contributed by atoms with van der Waals surface area (Å²) in [6.45, 7) is 1.72. The van der Waals surface area contributed by atoms with Gasteiger partial charge in [-0.25, -0.2) is 0 Å². The lowest BCUT2D eigenvalue weighted by Gasteiger charge is -2.09. The number of nitrogens with one attached hydrogen (secondary N) is 1. The van der Waals surface area contributed by atoms with Crippen molar-refractivity contribution in [3.63, 3.8) is 0 Å². The van der Waals surface area contributed by atoms with Crippen molar-refractivity contribution < 1.29 is 4.79 Å². The maximum atomic E-state index is 11.6. The number of nitrogens with zero attached hydrogens (tertiary/aromatic N) is 1. The van der Waals surface area contributed by atoms with E-state index in [1.807, 2.05) is 38.4 Å². The standard InChI is InChI=1S/C13H21N3O.2ClH/c1-16(2)9-3-8-15-13(17)10-11-4-6-12(14)7-5-11;;/h4-7H,3,8-10,14H2,1-2H3,(H,15,17);2*1H. The molecule has 110 valence electrons. The van der Waals surface area contributed by atoms with E-state index in [1.165, 1.54) is 0 Å². The van der Waals surface area contributed by atoms with Crippen molar-refractivity contribution in [3.8, 4) is 0 Å². The second kappa shape index (κ2) is 10.9. The summed E-state index contributed by atoms with van der Waals surface area (Å²) >= 11 is 0. The van der Waals surface area contributed by atoms with Crippen LogP contribution in [0, 0.1) is 0 Å². The fraction of sp³-hybridized carbons (Fsp3) is 0.462. The van der Waals surface area contributed by atoms with E-state index < -0.39 is 0 Å². The molecule has 3 N–H and O–H groups in total. The lowest BCUT2D eigenvalue weighted by molar-refractivity contribution is -0.120. The Bertz CT molecular complexity index is 355. The largest absolute Gasteiger partial charge is 0.399 e. The Balaban J connectivity index is 0. The van der Waals surface area contributed by atoms with Gasteiger partial charge in [0.05, 0.1) is 6.42 Å². The Labute approximate surface area is 127 Å². The zero-order valence-electron chi connectivity index (χ0n) is 11.4. The van der Waals surface area contributed by atoms with Gasteiger partial charge in [0.1, 0.15) is 0 Å². The third-order valence-corrected chi connectivity index (χ3v) is 2.45. The highest BCUT2D eigenvalue weighted by Crippen LogP contribution is 2.05. The van der Waals surface area contributed by atoms with Gasteiger partial charge in [0.25, 0.3) is 0 Å². The lowest BCUT2D eigenvalue weighted by Crippen LogP contribution is -2.28. The van der Waals surface area contributed by atoms with E-state index in [-0.39, 0.29) is 30.7 Å². The molecule has 0 aliphatic rings. The normalized spacial score (nSPS) is 9.42. The van der Waals surface area contributed by atoms with Crippen molar-refractivity contribution in [2.24, 2.45) is 0 Å². The molecule has 0 heterocycles. The minimum Gasteiger partial charge on any atom is -0.399 e. The molecule has 0 saturated heterocycles. The molecule has 1 aromatic carbocycles. The SMILES string of the molecule is CN(C)CCCNC(=O)Cc1ccc(N)cc1.Cl.Cl. The number of anilines is 1. The van der Waals surface area contributed by atoms with E-state index in [4.69, 9.17) is 5.73 Å². The van der Waals surface area contributed by atoms with Crippen molar-refractivity contribution in [2.75, 3.05) is 32.9 Å². The first kappa shape index (κ1) is 20.3. The Morgan fingerprint density at radius 3 is 2.32 bits per heavy atom. The third kappa shape index (κ3) is 9.59. The number of hydrogen-bond acceptors (Lipinski definition) is 3. The molecule has 0 spiro atoms. The van der Waals surface area contributed by atoms with Crippen LogP contribution in [0.15, 0.2) is 24.3 Å². The predicted octanol–water partition coefficient (Wildman–Crippen LogP) is 1.72. The van der Waals surface area contributed by atoms with Crippen LogP contribution in [0.1, 0.15) is 12.0 Å². The summed E-state index contributed by atoms with van der Waals surface area (Å²) in [7, 11) is 4.05. The van der Waals surface area contributed by atoms with Gasteiger partial charge in [-0.1, -0.05) is 12.1 Å². The molecule has 0 bridgehead atoms. The summed E-state index contributed by atoms with van der Waals surface area (Å²) < 4.78 is 0. The van der Waals surface area contributed by atoms with Gasteiger partial charge in [0.2, 0.25) is 5.91 Å². The summed E-state index contributed by atoms with van der Waals surface area (Å²) in [5.74, 6) is 0.0635. The molecule has 0 aromatic heterocycles. The molecule has 4 nitrogen and oxygen atoms in total. The van der Waals surface area contributed by atoms with Crippen LogP contribution in [0.4, 0.5) is 5.69 Å². The highest BCUT2D eigenvalue weighted by Gasteiger charge is 2.02. The number of nitrogen functional groups attached to an aromatic ring is 1. The Morgan fingerprint density at radius 2 is 1.79 bits per heavy atom. The van der Waals surface area contributed by atoms with Gasteiger partial charge in [0.15, 0.2) is 0 Å². The molecule has 0 aliphatic carbocycles. The van der Waals surface area contributed by atoms with Gasteiger partial charge in [-0.2, -0.15) is 0 Å². The van der Waals surface area contributed by atoms with Gasteiger partial charge in [-0.15, -0.1) is 24.8 Å². The number of hydrogen-bond donors (Lipinski definition) is 2. The first-order valence-corrected chi connectivity index (χ1v) is 5.84. The fourth-order valence-corrected chi connectivity index (χ4v) is 1.51. The monoisotopic (exact) mass is 307 g/mol. The fourth-order valence-electron chi connectivity index (χ4n) is 1.51. The Hall–Kier alpha value is -0.970. The molecule has 1 rings (SSSR count). The van der Waals surface area contributed by atoms with E-state index in [9.17, 15) is 4.79 Å². The minimum absolute atomic E-state index is 0. The number of halogens is 2. The van der Waals surface area contributed by atoms with Crippen LogP contribution < -0.4 is 11.1 Å². The first-order valence-electron chi connectivity index (χ1n) is 5.84. The maximum absolute atomic E-state index is 11.6. The quantitative estimate of drug-likeness (QED) is 0.621. The zero-order valence-corrected chi connectivity index (χ0v) is 13.0. The van der Waals surface area contributed by atoms with Crippen molar-refractivity contribution in [3.05, 3.63) is 29.8 Å². The molecule has 0 atom stereocenters. The van der Waals surface area contributed by atoms with Crippen molar-refractivity contribution in [1.82, 2.24) is 10.2 Å². The second-order valence-electron chi connectivity index (χ2n) is 4.43.